The second-order valence-corrected chi connectivity index (χ2v) is 4.58. The van der Waals surface area contributed by atoms with Crippen LogP contribution in [0.2, 0.25) is 0 Å². The van der Waals surface area contributed by atoms with E-state index in [9.17, 15) is 4.79 Å². The van der Waals surface area contributed by atoms with Crippen LogP contribution < -0.4 is 10.6 Å². The zero-order chi connectivity index (χ0) is 13.1. The quantitative estimate of drug-likeness (QED) is 0.912. The van der Waals surface area contributed by atoms with Crippen molar-refractivity contribution in [3.63, 3.8) is 0 Å². The number of carbonyl (C=O) groups excluding carboxylic acids is 1. The number of oxazole rings is 1. The first-order valence-electron chi connectivity index (χ1n) is 6.36. The summed E-state index contributed by atoms with van der Waals surface area (Å²) in [6.45, 7) is 0.919. The maximum absolute atomic E-state index is 11.9. The smallest absolute Gasteiger partial charge is 0.241 e. The number of hydrogen-bond donors (Lipinski definition) is 2. The molecule has 1 unspecified atom stereocenters. The SMILES string of the molecule is Cl.O=C(Nc1ccc(-c2cnco2)cc1)C1CCCN1. The summed E-state index contributed by atoms with van der Waals surface area (Å²) in [5.41, 5.74) is 1.73. The molecule has 1 aliphatic heterocycles. The number of halogens is 1. The number of amides is 1. The van der Waals surface area contributed by atoms with Crippen molar-refractivity contribution in [1.29, 1.82) is 0 Å². The van der Waals surface area contributed by atoms with E-state index in [1.54, 1.807) is 6.20 Å². The van der Waals surface area contributed by atoms with Gasteiger partial charge >= 0.3 is 0 Å². The highest BCUT2D eigenvalue weighted by Gasteiger charge is 2.21. The molecule has 2 heterocycles. The van der Waals surface area contributed by atoms with Gasteiger partial charge < -0.3 is 15.1 Å². The number of nitrogens with zero attached hydrogens (tertiary/aromatic N) is 1. The first kappa shape index (κ1) is 14.6. The van der Waals surface area contributed by atoms with E-state index in [2.05, 4.69) is 15.6 Å². The largest absolute Gasteiger partial charge is 0.444 e. The second kappa shape index (κ2) is 6.54. The summed E-state index contributed by atoms with van der Waals surface area (Å²) in [5.74, 6) is 0.750. The highest BCUT2D eigenvalue weighted by atomic mass is 35.5. The highest BCUT2D eigenvalue weighted by Crippen LogP contribution is 2.21. The van der Waals surface area contributed by atoms with Gasteiger partial charge in [-0.25, -0.2) is 4.98 Å². The summed E-state index contributed by atoms with van der Waals surface area (Å²) in [6.07, 6.45) is 5.03. The Balaban J connectivity index is 0.00000147. The Morgan fingerprint density at radius 1 is 1.35 bits per heavy atom. The Morgan fingerprint density at radius 2 is 2.15 bits per heavy atom. The maximum atomic E-state index is 11.9. The third-order valence-corrected chi connectivity index (χ3v) is 3.25. The van der Waals surface area contributed by atoms with Crippen LogP contribution in [0.1, 0.15) is 12.8 Å². The van der Waals surface area contributed by atoms with Gasteiger partial charge in [0.1, 0.15) is 0 Å². The molecule has 0 spiro atoms. The molecular formula is C14H16ClN3O2. The summed E-state index contributed by atoms with van der Waals surface area (Å²) in [6, 6.07) is 7.47. The maximum Gasteiger partial charge on any atom is 0.241 e. The Morgan fingerprint density at radius 3 is 2.75 bits per heavy atom. The zero-order valence-corrected chi connectivity index (χ0v) is 11.7. The minimum Gasteiger partial charge on any atom is -0.444 e. The minimum atomic E-state index is -0.0612. The van der Waals surface area contributed by atoms with E-state index in [1.807, 2.05) is 24.3 Å². The molecule has 1 aliphatic rings. The minimum absolute atomic E-state index is 0. The highest BCUT2D eigenvalue weighted by molar-refractivity contribution is 5.95. The molecule has 1 saturated heterocycles. The lowest BCUT2D eigenvalue weighted by Crippen LogP contribution is -2.35. The number of carbonyl (C=O) groups is 1. The van der Waals surface area contributed by atoms with Crippen LogP contribution in [-0.4, -0.2) is 23.5 Å². The fourth-order valence-electron chi connectivity index (χ4n) is 2.21. The average Bonchev–Trinajstić information content (AvgIpc) is 3.13. The molecule has 1 amide bonds. The molecule has 3 rings (SSSR count). The topological polar surface area (TPSA) is 67.2 Å². The molecule has 0 bridgehead atoms. The van der Waals surface area contributed by atoms with Crippen LogP contribution in [0.4, 0.5) is 5.69 Å². The summed E-state index contributed by atoms with van der Waals surface area (Å²) < 4.78 is 5.21. The van der Waals surface area contributed by atoms with Crippen molar-refractivity contribution >= 4 is 24.0 Å². The predicted octanol–water partition coefficient (Wildman–Crippen LogP) is 2.45. The van der Waals surface area contributed by atoms with E-state index in [0.29, 0.717) is 0 Å². The van der Waals surface area contributed by atoms with Gasteiger partial charge in [-0.2, -0.15) is 0 Å². The molecular weight excluding hydrogens is 278 g/mol. The van der Waals surface area contributed by atoms with Crippen molar-refractivity contribution in [3.8, 4) is 11.3 Å². The molecule has 20 heavy (non-hydrogen) atoms. The van der Waals surface area contributed by atoms with E-state index in [-0.39, 0.29) is 24.4 Å². The molecule has 0 aliphatic carbocycles. The normalized spacial score (nSPS) is 17.5. The molecule has 106 valence electrons. The summed E-state index contributed by atoms with van der Waals surface area (Å²) in [5, 5.41) is 6.08. The molecule has 1 aromatic heterocycles. The van der Waals surface area contributed by atoms with Crippen LogP contribution in [0, 0.1) is 0 Å². The van der Waals surface area contributed by atoms with Gasteiger partial charge in [-0.15, -0.1) is 12.4 Å². The van der Waals surface area contributed by atoms with Crippen molar-refractivity contribution in [2.45, 2.75) is 18.9 Å². The number of rotatable bonds is 3. The third-order valence-electron chi connectivity index (χ3n) is 3.25. The van der Waals surface area contributed by atoms with Gasteiger partial charge in [-0.1, -0.05) is 0 Å². The summed E-state index contributed by atoms with van der Waals surface area (Å²) in [7, 11) is 0. The molecule has 1 atom stereocenters. The first-order valence-corrected chi connectivity index (χ1v) is 6.36. The predicted molar refractivity (Wildman–Crippen MR) is 78.8 cm³/mol. The van der Waals surface area contributed by atoms with Gasteiger partial charge in [0, 0.05) is 11.3 Å². The van der Waals surface area contributed by atoms with Gasteiger partial charge in [0.25, 0.3) is 0 Å². The van der Waals surface area contributed by atoms with Crippen molar-refractivity contribution in [2.75, 3.05) is 11.9 Å². The number of aromatic nitrogens is 1. The lowest BCUT2D eigenvalue weighted by Gasteiger charge is -2.11. The van der Waals surface area contributed by atoms with Crippen LogP contribution in [0.25, 0.3) is 11.3 Å². The average molecular weight is 294 g/mol. The van der Waals surface area contributed by atoms with E-state index >= 15 is 0 Å². The van der Waals surface area contributed by atoms with E-state index < -0.39 is 0 Å². The molecule has 5 nitrogen and oxygen atoms in total. The van der Waals surface area contributed by atoms with Gasteiger partial charge in [0.05, 0.1) is 12.2 Å². The number of nitrogens with one attached hydrogen (secondary N) is 2. The number of benzene rings is 1. The third kappa shape index (κ3) is 3.18. The van der Waals surface area contributed by atoms with Crippen LogP contribution in [-0.2, 0) is 4.79 Å². The molecule has 0 radical (unpaired) electrons. The van der Waals surface area contributed by atoms with Crippen molar-refractivity contribution in [1.82, 2.24) is 10.3 Å². The molecule has 1 aromatic carbocycles. The molecule has 6 heteroatoms. The standard InChI is InChI=1S/C14H15N3O2.ClH/c18-14(12-2-1-7-16-12)17-11-5-3-10(4-6-11)13-8-15-9-19-13;/h3-6,8-9,12,16H,1-2,7H2,(H,17,18);1H. The lowest BCUT2D eigenvalue weighted by atomic mass is 10.1. The fraction of sp³-hybridized carbons (Fsp3) is 0.286. The van der Waals surface area contributed by atoms with Crippen LogP contribution in [0.3, 0.4) is 0 Å². The van der Waals surface area contributed by atoms with Gasteiger partial charge in [0.15, 0.2) is 12.2 Å². The fourth-order valence-corrected chi connectivity index (χ4v) is 2.21. The lowest BCUT2D eigenvalue weighted by molar-refractivity contribution is -0.117. The van der Waals surface area contributed by atoms with Gasteiger partial charge in [-0.05, 0) is 43.7 Å². The molecule has 0 saturated carbocycles. The molecule has 1 fully saturated rings. The summed E-state index contributed by atoms with van der Waals surface area (Å²) >= 11 is 0. The number of anilines is 1. The zero-order valence-electron chi connectivity index (χ0n) is 10.8. The monoisotopic (exact) mass is 293 g/mol. The first-order chi connectivity index (χ1) is 9.33. The number of hydrogen-bond acceptors (Lipinski definition) is 4. The van der Waals surface area contributed by atoms with E-state index in [0.717, 1.165) is 36.4 Å². The Labute approximate surface area is 123 Å². The van der Waals surface area contributed by atoms with E-state index in [4.69, 9.17) is 4.42 Å². The van der Waals surface area contributed by atoms with E-state index in [1.165, 1.54) is 6.39 Å². The van der Waals surface area contributed by atoms with Crippen molar-refractivity contribution in [3.05, 3.63) is 36.9 Å². The van der Waals surface area contributed by atoms with Gasteiger partial charge in [0.2, 0.25) is 5.91 Å². The second-order valence-electron chi connectivity index (χ2n) is 4.58. The van der Waals surface area contributed by atoms with Crippen LogP contribution in [0.15, 0.2) is 41.3 Å². The summed E-state index contributed by atoms with van der Waals surface area (Å²) in [4.78, 5) is 15.8. The Kier molecular flexibility index (Phi) is 4.76. The Hall–Kier alpha value is -1.85. The van der Waals surface area contributed by atoms with Crippen LogP contribution >= 0.6 is 12.4 Å². The Bertz CT molecular complexity index is 548. The molecule has 2 aromatic rings. The van der Waals surface area contributed by atoms with Crippen molar-refractivity contribution in [2.24, 2.45) is 0 Å². The van der Waals surface area contributed by atoms with Gasteiger partial charge in [-0.3, -0.25) is 4.79 Å². The van der Waals surface area contributed by atoms with Crippen LogP contribution in [0.5, 0.6) is 0 Å². The molecule has 2 N–H and O–H groups in total. The van der Waals surface area contributed by atoms with Crippen molar-refractivity contribution < 1.29 is 9.21 Å².